The highest BCUT2D eigenvalue weighted by Crippen LogP contribution is 2.01. The van der Waals surface area contributed by atoms with Crippen molar-refractivity contribution in [3.63, 3.8) is 0 Å². The van der Waals surface area contributed by atoms with Crippen LogP contribution in [0.15, 0.2) is 0 Å². The van der Waals surface area contributed by atoms with Crippen molar-refractivity contribution in [1.29, 1.82) is 0 Å². The molecule has 0 aromatic carbocycles. The van der Waals surface area contributed by atoms with Crippen LogP contribution in [0.5, 0.6) is 0 Å². The smallest absolute Gasteiger partial charge is 0.0726 e. The summed E-state index contributed by atoms with van der Waals surface area (Å²) in [6, 6.07) is 0. The van der Waals surface area contributed by atoms with Crippen molar-refractivity contribution < 1.29 is 0 Å². The number of piperazine rings is 1. The average molecular weight is 185 g/mol. The first-order chi connectivity index (χ1) is 6.38. The second-order valence-corrected chi connectivity index (χ2v) is 3.71. The van der Waals surface area contributed by atoms with Crippen molar-refractivity contribution in [3.8, 4) is 0 Å². The number of nitrogens with zero attached hydrogens (tertiary/aromatic N) is 1. The van der Waals surface area contributed by atoms with E-state index in [0.717, 1.165) is 19.6 Å². The van der Waals surface area contributed by atoms with Crippen LogP contribution in [0.2, 0.25) is 0 Å². The minimum atomic E-state index is 0.564. The summed E-state index contributed by atoms with van der Waals surface area (Å²) in [4.78, 5) is 2.55. The van der Waals surface area contributed by atoms with Crippen LogP contribution in [-0.4, -0.2) is 43.8 Å². The van der Waals surface area contributed by atoms with Gasteiger partial charge in [0.25, 0.3) is 0 Å². The Labute approximate surface area is 81.9 Å². The summed E-state index contributed by atoms with van der Waals surface area (Å²) in [5.41, 5.74) is 0. The summed E-state index contributed by atoms with van der Waals surface area (Å²) >= 11 is 0. The summed E-state index contributed by atoms with van der Waals surface area (Å²) < 4.78 is 0. The van der Waals surface area contributed by atoms with Crippen molar-refractivity contribution in [1.82, 2.24) is 15.5 Å². The Balaban J connectivity index is 2.32. The summed E-state index contributed by atoms with van der Waals surface area (Å²) in [5.74, 6) is 0. The lowest BCUT2D eigenvalue weighted by molar-refractivity contribution is 0.148. The van der Waals surface area contributed by atoms with E-state index in [4.69, 9.17) is 0 Å². The molecule has 0 aliphatic carbocycles. The second-order valence-electron chi connectivity index (χ2n) is 3.71. The van der Waals surface area contributed by atoms with Gasteiger partial charge in [-0.2, -0.15) is 0 Å². The van der Waals surface area contributed by atoms with E-state index in [1.807, 2.05) is 0 Å². The normalized spacial score (nSPS) is 23.8. The van der Waals surface area contributed by atoms with Crippen molar-refractivity contribution in [3.05, 3.63) is 0 Å². The highest BCUT2D eigenvalue weighted by Gasteiger charge is 2.18. The molecule has 1 aliphatic heterocycles. The van der Waals surface area contributed by atoms with Gasteiger partial charge < -0.3 is 5.32 Å². The molecule has 0 bridgehead atoms. The Morgan fingerprint density at radius 1 is 1.15 bits per heavy atom. The quantitative estimate of drug-likeness (QED) is 0.658. The topological polar surface area (TPSA) is 27.3 Å². The average Bonchev–Trinajstić information content (AvgIpc) is 2.19. The Bertz CT molecular complexity index is 115. The zero-order valence-electron chi connectivity index (χ0n) is 8.97. The molecule has 1 aliphatic rings. The van der Waals surface area contributed by atoms with E-state index in [1.54, 1.807) is 0 Å². The molecule has 0 amide bonds. The van der Waals surface area contributed by atoms with Crippen molar-refractivity contribution in [2.24, 2.45) is 0 Å². The van der Waals surface area contributed by atoms with E-state index in [9.17, 15) is 0 Å². The Hall–Kier alpha value is -0.120. The minimum absolute atomic E-state index is 0.564. The molecule has 13 heavy (non-hydrogen) atoms. The molecule has 0 radical (unpaired) electrons. The lowest BCUT2D eigenvalue weighted by Gasteiger charge is -2.35. The Kier molecular flexibility index (Phi) is 5.35. The molecule has 1 rings (SSSR count). The third kappa shape index (κ3) is 3.63. The molecule has 2 N–H and O–H groups in total. The van der Waals surface area contributed by atoms with E-state index in [-0.39, 0.29) is 0 Å². The Morgan fingerprint density at radius 3 is 2.31 bits per heavy atom. The van der Waals surface area contributed by atoms with Crippen LogP contribution in [0, 0.1) is 0 Å². The molecule has 1 heterocycles. The number of rotatable bonds is 5. The van der Waals surface area contributed by atoms with Crippen molar-refractivity contribution >= 4 is 0 Å². The zero-order valence-corrected chi connectivity index (χ0v) is 8.97. The van der Waals surface area contributed by atoms with Gasteiger partial charge in [0.05, 0.1) is 6.17 Å². The number of nitrogens with one attached hydrogen (secondary N) is 2. The molecule has 3 heteroatoms. The maximum atomic E-state index is 3.55. The predicted molar refractivity (Wildman–Crippen MR) is 56.8 cm³/mol. The van der Waals surface area contributed by atoms with Gasteiger partial charge in [0.1, 0.15) is 0 Å². The number of hydrogen-bond donors (Lipinski definition) is 2. The van der Waals surface area contributed by atoms with Crippen LogP contribution in [0.3, 0.4) is 0 Å². The Morgan fingerprint density at radius 2 is 1.85 bits per heavy atom. The van der Waals surface area contributed by atoms with Gasteiger partial charge in [0.2, 0.25) is 0 Å². The fourth-order valence-corrected chi connectivity index (χ4v) is 1.89. The maximum absolute atomic E-state index is 3.55. The molecule has 3 nitrogen and oxygen atoms in total. The third-order valence-corrected chi connectivity index (χ3v) is 2.48. The van der Waals surface area contributed by atoms with E-state index >= 15 is 0 Å². The lowest BCUT2D eigenvalue weighted by atomic mass is 10.2. The fourth-order valence-electron chi connectivity index (χ4n) is 1.89. The van der Waals surface area contributed by atoms with Gasteiger partial charge in [0, 0.05) is 19.6 Å². The molecule has 1 fully saturated rings. The minimum Gasteiger partial charge on any atom is -0.313 e. The largest absolute Gasteiger partial charge is 0.313 e. The van der Waals surface area contributed by atoms with E-state index in [1.165, 1.54) is 25.9 Å². The maximum Gasteiger partial charge on any atom is 0.0726 e. The summed E-state index contributed by atoms with van der Waals surface area (Å²) in [5, 5.41) is 6.98. The monoisotopic (exact) mass is 185 g/mol. The van der Waals surface area contributed by atoms with Crippen molar-refractivity contribution in [2.75, 3.05) is 32.7 Å². The zero-order chi connectivity index (χ0) is 9.52. The molecule has 78 valence electrons. The van der Waals surface area contributed by atoms with E-state index in [2.05, 4.69) is 29.4 Å². The molecule has 0 aromatic heterocycles. The van der Waals surface area contributed by atoms with Crippen LogP contribution >= 0.6 is 0 Å². The molecule has 1 unspecified atom stereocenters. The lowest BCUT2D eigenvalue weighted by Crippen LogP contribution is -2.57. The highest BCUT2D eigenvalue weighted by molar-refractivity contribution is 4.76. The summed E-state index contributed by atoms with van der Waals surface area (Å²) in [6.45, 7) is 10.2. The standard InChI is InChI=1S/C10H23N3/c1-3-7-13(8-4-2)10-9-11-5-6-12-10/h10-12H,3-9H2,1-2H3. The highest BCUT2D eigenvalue weighted by atomic mass is 15.3. The molecular weight excluding hydrogens is 162 g/mol. The predicted octanol–water partition coefficient (Wildman–Crippen LogP) is 0.627. The van der Waals surface area contributed by atoms with Crippen LogP contribution in [-0.2, 0) is 0 Å². The van der Waals surface area contributed by atoms with E-state index in [0.29, 0.717) is 6.17 Å². The molecule has 1 saturated heterocycles. The summed E-state index contributed by atoms with van der Waals surface area (Å²) in [6.07, 6.45) is 3.06. The van der Waals surface area contributed by atoms with E-state index < -0.39 is 0 Å². The molecule has 0 spiro atoms. The van der Waals surface area contributed by atoms with Gasteiger partial charge >= 0.3 is 0 Å². The molecule has 0 saturated carbocycles. The van der Waals surface area contributed by atoms with Crippen LogP contribution in [0.25, 0.3) is 0 Å². The van der Waals surface area contributed by atoms with Gasteiger partial charge in [-0.15, -0.1) is 0 Å². The van der Waals surface area contributed by atoms with Crippen LogP contribution in [0.1, 0.15) is 26.7 Å². The summed E-state index contributed by atoms with van der Waals surface area (Å²) in [7, 11) is 0. The van der Waals surface area contributed by atoms with Gasteiger partial charge in [-0.1, -0.05) is 13.8 Å². The SMILES string of the molecule is CCCN(CCC)C1CNCCN1. The fraction of sp³-hybridized carbons (Fsp3) is 1.00. The van der Waals surface area contributed by atoms with Gasteiger partial charge in [0.15, 0.2) is 0 Å². The first kappa shape index (κ1) is 11.0. The number of hydrogen-bond acceptors (Lipinski definition) is 3. The molecular formula is C10H23N3. The second kappa shape index (κ2) is 6.35. The molecule has 0 aromatic rings. The van der Waals surface area contributed by atoms with Gasteiger partial charge in [-0.3, -0.25) is 10.2 Å². The van der Waals surface area contributed by atoms with Crippen LogP contribution < -0.4 is 10.6 Å². The molecule has 1 atom stereocenters. The van der Waals surface area contributed by atoms with Gasteiger partial charge in [-0.25, -0.2) is 0 Å². The van der Waals surface area contributed by atoms with Crippen LogP contribution in [0.4, 0.5) is 0 Å². The third-order valence-electron chi connectivity index (χ3n) is 2.48. The first-order valence-electron chi connectivity index (χ1n) is 5.56. The first-order valence-corrected chi connectivity index (χ1v) is 5.56. The van der Waals surface area contributed by atoms with Gasteiger partial charge in [-0.05, 0) is 25.9 Å². The van der Waals surface area contributed by atoms with Crippen molar-refractivity contribution in [2.45, 2.75) is 32.9 Å².